The van der Waals surface area contributed by atoms with Crippen molar-refractivity contribution in [2.45, 2.75) is 12.5 Å². The molecule has 0 aliphatic carbocycles. The van der Waals surface area contributed by atoms with Crippen molar-refractivity contribution in [3.05, 3.63) is 53.2 Å². The predicted molar refractivity (Wildman–Crippen MR) is 91.0 cm³/mol. The molecule has 1 saturated heterocycles. The molecule has 0 radical (unpaired) electrons. The van der Waals surface area contributed by atoms with Crippen LogP contribution in [-0.2, 0) is 0 Å². The lowest BCUT2D eigenvalue weighted by Gasteiger charge is -2.17. The van der Waals surface area contributed by atoms with E-state index in [2.05, 4.69) is 4.98 Å². The molecule has 1 N–H and O–H groups in total. The first kappa shape index (κ1) is 15.2. The van der Waals surface area contributed by atoms with Crippen LogP contribution in [0.25, 0.3) is 22.4 Å². The van der Waals surface area contributed by atoms with Gasteiger partial charge in [0.15, 0.2) is 5.76 Å². The van der Waals surface area contributed by atoms with E-state index in [0.29, 0.717) is 52.5 Å². The number of pyridine rings is 1. The zero-order valence-corrected chi connectivity index (χ0v) is 13.5. The van der Waals surface area contributed by atoms with E-state index in [-0.39, 0.29) is 5.91 Å². The van der Waals surface area contributed by atoms with E-state index in [1.54, 1.807) is 41.5 Å². The number of aliphatic hydroxyl groups is 1. The minimum atomic E-state index is -0.463. The number of aromatic nitrogens is 1. The molecule has 1 atom stereocenters. The summed E-state index contributed by atoms with van der Waals surface area (Å²) in [6, 6.07) is 10.7. The molecule has 4 rings (SSSR count). The van der Waals surface area contributed by atoms with Gasteiger partial charge < -0.3 is 14.4 Å². The Morgan fingerprint density at radius 1 is 1.33 bits per heavy atom. The number of fused-ring (bicyclic) bond motifs is 1. The molecule has 1 fully saturated rings. The van der Waals surface area contributed by atoms with Crippen LogP contribution in [0.3, 0.4) is 0 Å². The first-order valence-corrected chi connectivity index (χ1v) is 8.12. The van der Waals surface area contributed by atoms with Crippen molar-refractivity contribution >= 4 is 28.4 Å². The number of nitrogens with zero attached hydrogens (tertiary/aromatic N) is 2. The first-order chi connectivity index (χ1) is 11.6. The summed E-state index contributed by atoms with van der Waals surface area (Å²) in [5, 5.41) is 10.9. The van der Waals surface area contributed by atoms with Crippen molar-refractivity contribution in [3.8, 4) is 11.5 Å². The van der Waals surface area contributed by atoms with Gasteiger partial charge in [0.25, 0.3) is 5.91 Å². The van der Waals surface area contributed by atoms with Crippen LogP contribution in [0.15, 0.2) is 47.1 Å². The summed E-state index contributed by atoms with van der Waals surface area (Å²) in [7, 11) is 0. The summed E-state index contributed by atoms with van der Waals surface area (Å²) in [5.74, 6) is 0.446. The number of likely N-dealkylation sites (tertiary alicyclic amines) is 1. The maximum atomic E-state index is 13.0. The third-order valence-electron chi connectivity index (χ3n) is 4.24. The minimum Gasteiger partial charge on any atom is -0.463 e. The molecule has 122 valence electrons. The molecule has 1 unspecified atom stereocenters. The van der Waals surface area contributed by atoms with Gasteiger partial charge in [0.2, 0.25) is 0 Å². The number of hydrogen-bond donors (Lipinski definition) is 1. The van der Waals surface area contributed by atoms with E-state index in [9.17, 15) is 9.90 Å². The highest BCUT2D eigenvalue weighted by molar-refractivity contribution is 6.35. The molecule has 1 aliphatic rings. The lowest BCUT2D eigenvalue weighted by molar-refractivity contribution is 0.0767. The van der Waals surface area contributed by atoms with Gasteiger partial charge in [-0.15, -0.1) is 0 Å². The average molecular weight is 343 g/mol. The Bertz CT molecular complexity index is 908. The van der Waals surface area contributed by atoms with Crippen molar-refractivity contribution in [1.82, 2.24) is 9.88 Å². The predicted octanol–water partition coefficient (Wildman–Crippen LogP) is 3.36. The van der Waals surface area contributed by atoms with E-state index in [0.717, 1.165) is 0 Å². The molecular formula is C18H15ClN2O3. The highest BCUT2D eigenvalue weighted by Gasteiger charge is 2.27. The number of aliphatic hydroxyl groups excluding tert-OH is 1. The molecular weight excluding hydrogens is 328 g/mol. The Morgan fingerprint density at radius 2 is 2.21 bits per heavy atom. The van der Waals surface area contributed by atoms with Gasteiger partial charge in [-0.05, 0) is 30.7 Å². The van der Waals surface area contributed by atoms with Crippen molar-refractivity contribution in [1.29, 1.82) is 0 Å². The lowest BCUT2D eigenvalue weighted by atomic mass is 10.1. The van der Waals surface area contributed by atoms with Crippen molar-refractivity contribution in [3.63, 3.8) is 0 Å². The van der Waals surface area contributed by atoms with Crippen molar-refractivity contribution < 1.29 is 14.3 Å². The zero-order valence-electron chi connectivity index (χ0n) is 12.8. The quantitative estimate of drug-likeness (QED) is 0.775. The summed E-state index contributed by atoms with van der Waals surface area (Å²) in [6.07, 6.45) is 1.70. The highest BCUT2D eigenvalue weighted by atomic mass is 35.5. The fraction of sp³-hybridized carbons (Fsp3) is 0.222. The summed E-state index contributed by atoms with van der Waals surface area (Å²) in [6.45, 7) is 0.889. The van der Waals surface area contributed by atoms with Gasteiger partial charge in [0.05, 0.1) is 28.5 Å². The smallest absolute Gasteiger partial charge is 0.254 e. The number of β-amino-alcohol motifs (C(OH)–C–C–N with tert-alkyl or cyclic N) is 1. The Kier molecular flexibility index (Phi) is 3.75. The molecule has 1 aromatic carbocycles. The van der Waals surface area contributed by atoms with Crippen LogP contribution in [0, 0.1) is 0 Å². The number of furan rings is 1. The number of carbonyl (C=O) groups is 1. The van der Waals surface area contributed by atoms with E-state index in [1.807, 2.05) is 6.07 Å². The molecule has 3 heterocycles. The van der Waals surface area contributed by atoms with Crippen LogP contribution in [0.5, 0.6) is 0 Å². The van der Waals surface area contributed by atoms with Crippen LogP contribution in [-0.4, -0.2) is 40.1 Å². The Hall–Kier alpha value is -2.37. The normalized spacial score (nSPS) is 17.6. The first-order valence-electron chi connectivity index (χ1n) is 7.74. The number of hydrogen-bond acceptors (Lipinski definition) is 4. The molecule has 0 spiro atoms. The minimum absolute atomic E-state index is 0.131. The van der Waals surface area contributed by atoms with E-state index in [1.165, 1.54) is 0 Å². The SMILES string of the molecule is O=C(c1cc(-c2ccco2)nc2c(Cl)cccc12)N1CCC(O)C1. The molecule has 0 bridgehead atoms. The number of para-hydroxylation sites is 1. The Labute approximate surface area is 143 Å². The number of benzene rings is 1. The zero-order chi connectivity index (χ0) is 16.7. The number of carbonyl (C=O) groups excluding carboxylic acids is 1. The van der Waals surface area contributed by atoms with Crippen LogP contribution >= 0.6 is 11.6 Å². The molecule has 1 amide bonds. The van der Waals surface area contributed by atoms with Crippen LogP contribution in [0.4, 0.5) is 0 Å². The molecule has 5 nitrogen and oxygen atoms in total. The monoisotopic (exact) mass is 342 g/mol. The van der Waals surface area contributed by atoms with E-state index < -0.39 is 6.10 Å². The highest BCUT2D eigenvalue weighted by Crippen LogP contribution is 2.30. The fourth-order valence-electron chi connectivity index (χ4n) is 3.04. The standard InChI is InChI=1S/C18H15ClN2O3/c19-14-4-1-3-12-13(18(23)21-7-6-11(22)10-21)9-15(20-17(12)14)16-5-2-8-24-16/h1-5,8-9,11,22H,6-7,10H2. The topological polar surface area (TPSA) is 66.6 Å². The van der Waals surface area contributed by atoms with E-state index in [4.69, 9.17) is 16.0 Å². The lowest BCUT2D eigenvalue weighted by Crippen LogP contribution is -2.29. The summed E-state index contributed by atoms with van der Waals surface area (Å²) >= 11 is 6.29. The van der Waals surface area contributed by atoms with Gasteiger partial charge in [-0.2, -0.15) is 0 Å². The van der Waals surface area contributed by atoms with Crippen LogP contribution in [0.2, 0.25) is 5.02 Å². The summed E-state index contributed by atoms with van der Waals surface area (Å²) < 4.78 is 5.42. The number of halogens is 1. The van der Waals surface area contributed by atoms with Gasteiger partial charge in [0.1, 0.15) is 5.69 Å². The van der Waals surface area contributed by atoms with Gasteiger partial charge >= 0.3 is 0 Å². The molecule has 24 heavy (non-hydrogen) atoms. The average Bonchev–Trinajstić information content (AvgIpc) is 3.25. The van der Waals surface area contributed by atoms with Crippen molar-refractivity contribution in [2.75, 3.05) is 13.1 Å². The van der Waals surface area contributed by atoms with E-state index >= 15 is 0 Å². The fourth-order valence-corrected chi connectivity index (χ4v) is 3.25. The third-order valence-corrected chi connectivity index (χ3v) is 4.55. The Morgan fingerprint density at radius 3 is 2.92 bits per heavy atom. The largest absolute Gasteiger partial charge is 0.463 e. The van der Waals surface area contributed by atoms with Crippen molar-refractivity contribution in [2.24, 2.45) is 0 Å². The number of amides is 1. The van der Waals surface area contributed by atoms with Gasteiger partial charge in [-0.3, -0.25) is 4.79 Å². The van der Waals surface area contributed by atoms with Crippen LogP contribution < -0.4 is 0 Å². The summed E-state index contributed by atoms with van der Waals surface area (Å²) in [5.41, 5.74) is 1.64. The maximum absolute atomic E-state index is 13.0. The van der Waals surface area contributed by atoms with Crippen LogP contribution in [0.1, 0.15) is 16.8 Å². The third kappa shape index (κ3) is 2.56. The van der Waals surface area contributed by atoms with Gasteiger partial charge in [-0.1, -0.05) is 23.7 Å². The van der Waals surface area contributed by atoms with Gasteiger partial charge in [0, 0.05) is 18.5 Å². The molecule has 0 saturated carbocycles. The number of rotatable bonds is 2. The molecule has 3 aromatic rings. The Balaban J connectivity index is 1.89. The second-order valence-corrected chi connectivity index (χ2v) is 6.27. The molecule has 6 heteroatoms. The molecule has 2 aromatic heterocycles. The molecule has 1 aliphatic heterocycles. The van der Waals surface area contributed by atoms with Gasteiger partial charge in [-0.25, -0.2) is 4.98 Å². The summed E-state index contributed by atoms with van der Waals surface area (Å²) in [4.78, 5) is 19.2. The maximum Gasteiger partial charge on any atom is 0.254 e. The second-order valence-electron chi connectivity index (χ2n) is 5.86. The second kappa shape index (κ2) is 5.92.